The van der Waals surface area contributed by atoms with Crippen LogP contribution in [0.5, 0.6) is 11.6 Å². The van der Waals surface area contributed by atoms with Crippen LogP contribution in [0.4, 0.5) is 4.39 Å². The molecule has 1 heterocycles. The van der Waals surface area contributed by atoms with Gasteiger partial charge in [-0.15, -0.1) is 24.0 Å². The van der Waals surface area contributed by atoms with Crippen molar-refractivity contribution in [3.8, 4) is 11.6 Å². The number of nitrogens with zero attached hydrogens (tertiary/aromatic N) is 2. The number of guanidine groups is 1. The molecule has 29 heavy (non-hydrogen) atoms. The first-order valence-corrected chi connectivity index (χ1v) is 9.05. The van der Waals surface area contributed by atoms with Crippen LogP contribution in [0.3, 0.4) is 0 Å². The second-order valence-electron chi connectivity index (χ2n) is 6.23. The summed E-state index contributed by atoms with van der Waals surface area (Å²) in [5.41, 5.74) is 2.00. The lowest BCUT2D eigenvalue weighted by atomic mass is 10.1. The molecule has 2 N–H and O–H groups in total. The molecule has 0 saturated heterocycles. The second kappa shape index (κ2) is 11.4. The van der Waals surface area contributed by atoms with Gasteiger partial charge in [0.25, 0.3) is 0 Å². The van der Waals surface area contributed by atoms with Crippen LogP contribution in [-0.4, -0.2) is 18.0 Å². The third-order valence-corrected chi connectivity index (χ3v) is 4.18. The zero-order valence-corrected chi connectivity index (χ0v) is 18.6. The van der Waals surface area contributed by atoms with Gasteiger partial charge >= 0.3 is 0 Å². The zero-order valence-electron chi connectivity index (χ0n) is 16.3. The summed E-state index contributed by atoms with van der Waals surface area (Å²) >= 11 is 0. The lowest BCUT2D eigenvalue weighted by Gasteiger charge is -2.19. The first kappa shape index (κ1) is 22.6. The van der Waals surface area contributed by atoms with E-state index in [0.29, 0.717) is 24.1 Å². The van der Waals surface area contributed by atoms with E-state index in [1.54, 1.807) is 25.4 Å². The highest BCUT2D eigenvalue weighted by molar-refractivity contribution is 14.0. The summed E-state index contributed by atoms with van der Waals surface area (Å²) in [6.07, 6.45) is 1.64. The van der Waals surface area contributed by atoms with Gasteiger partial charge in [-0.2, -0.15) is 0 Å². The Kier molecular flexibility index (Phi) is 8.85. The van der Waals surface area contributed by atoms with Crippen LogP contribution in [0.1, 0.15) is 24.1 Å². The number of halogens is 2. The van der Waals surface area contributed by atoms with E-state index in [9.17, 15) is 4.39 Å². The normalized spacial score (nSPS) is 11.9. The molecule has 0 amide bonds. The molecule has 3 rings (SSSR count). The van der Waals surface area contributed by atoms with Gasteiger partial charge in [0.2, 0.25) is 5.88 Å². The SMILES string of the molecule is CN=C(NCc1cccnc1Oc1cccc(F)c1)NC(C)c1ccccc1.I. The largest absolute Gasteiger partial charge is 0.439 e. The molecule has 152 valence electrons. The van der Waals surface area contributed by atoms with Crippen LogP contribution in [0.2, 0.25) is 0 Å². The first-order chi connectivity index (χ1) is 13.7. The van der Waals surface area contributed by atoms with Gasteiger partial charge in [-0.25, -0.2) is 9.37 Å². The van der Waals surface area contributed by atoms with E-state index in [1.165, 1.54) is 17.7 Å². The van der Waals surface area contributed by atoms with E-state index in [4.69, 9.17) is 4.74 Å². The number of nitrogens with one attached hydrogen (secondary N) is 2. The average molecular weight is 506 g/mol. The molecule has 0 spiro atoms. The van der Waals surface area contributed by atoms with Gasteiger partial charge < -0.3 is 15.4 Å². The van der Waals surface area contributed by atoms with Crippen molar-refractivity contribution in [2.24, 2.45) is 4.99 Å². The first-order valence-electron chi connectivity index (χ1n) is 9.05. The molecular weight excluding hydrogens is 482 g/mol. The molecule has 0 saturated carbocycles. The van der Waals surface area contributed by atoms with E-state index in [0.717, 1.165) is 5.56 Å². The Morgan fingerprint density at radius 2 is 1.90 bits per heavy atom. The van der Waals surface area contributed by atoms with Gasteiger partial charge in [-0.1, -0.05) is 42.5 Å². The predicted octanol–water partition coefficient (Wildman–Crippen LogP) is 5.06. The molecule has 1 atom stereocenters. The molecule has 0 aliphatic rings. The number of rotatable bonds is 6. The van der Waals surface area contributed by atoms with Crippen molar-refractivity contribution in [2.45, 2.75) is 19.5 Å². The van der Waals surface area contributed by atoms with Crippen molar-refractivity contribution in [2.75, 3.05) is 7.05 Å². The Bertz CT molecular complexity index is 937. The number of hydrogen-bond donors (Lipinski definition) is 2. The number of hydrogen-bond acceptors (Lipinski definition) is 3. The van der Waals surface area contributed by atoms with E-state index >= 15 is 0 Å². The Morgan fingerprint density at radius 1 is 1.10 bits per heavy atom. The quantitative estimate of drug-likeness (QED) is 0.279. The van der Waals surface area contributed by atoms with Crippen molar-refractivity contribution < 1.29 is 9.13 Å². The Balaban J connectivity index is 0.00000300. The van der Waals surface area contributed by atoms with Crippen molar-refractivity contribution in [3.63, 3.8) is 0 Å². The lowest BCUT2D eigenvalue weighted by Crippen LogP contribution is -2.38. The lowest BCUT2D eigenvalue weighted by molar-refractivity contribution is 0.450. The van der Waals surface area contributed by atoms with Crippen LogP contribution >= 0.6 is 24.0 Å². The fourth-order valence-electron chi connectivity index (χ4n) is 2.70. The topological polar surface area (TPSA) is 58.5 Å². The smallest absolute Gasteiger partial charge is 0.224 e. The second-order valence-corrected chi connectivity index (χ2v) is 6.23. The van der Waals surface area contributed by atoms with Crippen LogP contribution in [0, 0.1) is 5.82 Å². The van der Waals surface area contributed by atoms with Gasteiger partial charge in [0.05, 0.1) is 6.04 Å². The van der Waals surface area contributed by atoms with E-state index in [-0.39, 0.29) is 35.8 Å². The number of ether oxygens (including phenoxy) is 1. The molecule has 0 aliphatic heterocycles. The Hall–Kier alpha value is -2.68. The Labute approximate surface area is 187 Å². The number of aliphatic imine (C=N–C) groups is 1. The number of aromatic nitrogens is 1. The molecule has 0 radical (unpaired) electrons. The summed E-state index contributed by atoms with van der Waals surface area (Å²) in [6, 6.07) is 20.0. The molecule has 0 bridgehead atoms. The highest BCUT2D eigenvalue weighted by atomic mass is 127. The van der Waals surface area contributed by atoms with E-state index in [2.05, 4.69) is 39.7 Å². The Morgan fingerprint density at radius 3 is 2.62 bits per heavy atom. The van der Waals surface area contributed by atoms with E-state index in [1.807, 2.05) is 30.3 Å². The molecule has 0 fully saturated rings. The summed E-state index contributed by atoms with van der Waals surface area (Å²) in [6.45, 7) is 2.53. The van der Waals surface area contributed by atoms with Crippen LogP contribution in [0.15, 0.2) is 77.9 Å². The molecule has 1 aromatic heterocycles. The third-order valence-electron chi connectivity index (χ3n) is 4.18. The summed E-state index contributed by atoms with van der Waals surface area (Å²) in [5, 5.41) is 6.63. The third kappa shape index (κ3) is 6.70. The maximum absolute atomic E-state index is 13.4. The molecule has 7 heteroatoms. The predicted molar refractivity (Wildman–Crippen MR) is 124 cm³/mol. The fourth-order valence-corrected chi connectivity index (χ4v) is 2.70. The molecule has 2 aromatic carbocycles. The van der Waals surface area contributed by atoms with Gasteiger partial charge in [0, 0.05) is 31.4 Å². The van der Waals surface area contributed by atoms with Crippen LogP contribution in [0.25, 0.3) is 0 Å². The minimum atomic E-state index is -0.354. The summed E-state index contributed by atoms with van der Waals surface area (Å²) in [7, 11) is 1.72. The maximum atomic E-state index is 13.4. The van der Waals surface area contributed by atoms with Gasteiger partial charge in [0.15, 0.2) is 5.96 Å². The van der Waals surface area contributed by atoms with Crippen molar-refractivity contribution in [3.05, 3.63) is 89.9 Å². The van der Waals surface area contributed by atoms with Gasteiger partial charge in [-0.3, -0.25) is 4.99 Å². The summed E-state index contributed by atoms with van der Waals surface area (Å²) in [4.78, 5) is 8.55. The van der Waals surface area contributed by atoms with Crippen LogP contribution < -0.4 is 15.4 Å². The highest BCUT2D eigenvalue weighted by Crippen LogP contribution is 2.23. The van der Waals surface area contributed by atoms with Crippen molar-refractivity contribution in [1.29, 1.82) is 0 Å². The number of pyridine rings is 1. The molecule has 3 aromatic rings. The average Bonchev–Trinajstić information content (AvgIpc) is 2.72. The molecule has 0 aliphatic carbocycles. The van der Waals surface area contributed by atoms with E-state index < -0.39 is 0 Å². The maximum Gasteiger partial charge on any atom is 0.224 e. The van der Waals surface area contributed by atoms with Crippen molar-refractivity contribution >= 4 is 29.9 Å². The monoisotopic (exact) mass is 506 g/mol. The zero-order chi connectivity index (χ0) is 19.8. The highest BCUT2D eigenvalue weighted by Gasteiger charge is 2.10. The standard InChI is InChI=1S/C22H23FN4O.HI/c1-16(17-8-4-3-5-9-17)27-22(24-2)26-15-18-10-7-13-25-21(18)28-20-12-6-11-19(23)14-20;/h3-14,16H,15H2,1-2H3,(H2,24,26,27);1H. The molecule has 1 unspecified atom stereocenters. The molecule has 5 nitrogen and oxygen atoms in total. The van der Waals surface area contributed by atoms with Gasteiger partial charge in [0.1, 0.15) is 11.6 Å². The number of benzene rings is 2. The van der Waals surface area contributed by atoms with Gasteiger partial charge in [-0.05, 0) is 30.7 Å². The fraction of sp³-hybridized carbons (Fsp3) is 0.182. The summed E-state index contributed by atoms with van der Waals surface area (Å²) in [5.74, 6) is 1.14. The van der Waals surface area contributed by atoms with Crippen LogP contribution in [-0.2, 0) is 6.54 Å². The van der Waals surface area contributed by atoms with Crippen molar-refractivity contribution in [1.82, 2.24) is 15.6 Å². The minimum Gasteiger partial charge on any atom is -0.439 e. The summed E-state index contributed by atoms with van der Waals surface area (Å²) < 4.78 is 19.2. The molecular formula is C22H24FIN4O. The minimum absolute atomic E-state index is 0.